The van der Waals surface area contributed by atoms with Crippen LogP contribution in [0.15, 0.2) is 24.3 Å². The molecule has 1 N–H and O–H groups in total. The fourth-order valence-electron chi connectivity index (χ4n) is 2.30. The third-order valence-electron chi connectivity index (χ3n) is 3.18. The summed E-state index contributed by atoms with van der Waals surface area (Å²) in [4.78, 5) is 25.3. The van der Waals surface area contributed by atoms with E-state index in [-0.39, 0.29) is 18.2 Å². The molecule has 20 heavy (non-hydrogen) atoms. The highest BCUT2D eigenvalue weighted by molar-refractivity contribution is 6.06. The lowest BCUT2D eigenvalue weighted by molar-refractivity contribution is -0.138. The van der Waals surface area contributed by atoms with Gasteiger partial charge in [0.15, 0.2) is 0 Å². The maximum absolute atomic E-state index is 12.1. The van der Waals surface area contributed by atoms with Crippen molar-refractivity contribution in [2.24, 2.45) is 0 Å². The number of hydrogen-bond acceptors (Lipinski definition) is 4. The molecule has 1 unspecified atom stereocenters. The van der Waals surface area contributed by atoms with Crippen LogP contribution in [0.2, 0.25) is 0 Å². The van der Waals surface area contributed by atoms with E-state index in [2.05, 4.69) is 5.32 Å². The van der Waals surface area contributed by atoms with Gasteiger partial charge in [-0.15, -0.1) is 0 Å². The summed E-state index contributed by atoms with van der Waals surface area (Å²) in [6.07, 6.45) is 1.00. The van der Waals surface area contributed by atoms with E-state index in [9.17, 15) is 9.59 Å². The number of carbonyl (C=O) groups excluding carboxylic acids is 2. The Hall–Kier alpha value is -2.04. The molecular weight excluding hydrogens is 256 g/mol. The van der Waals surface area contributed by atoms with Crippen molar-refractivity contribution in [3.05, 3.63) is 24.3 Å². The van der Waals surface area contributed by atoms with Crippen LogP contribution >= 0.6 is 0 Å². The van der Waals surface area contributed by atoms with Crippen LogP contribution in [-0.4, -0.2) is 35.9 Å². The molecule has 5 nitrogen and oxygen atoms in total. The number of imide groups is 1. The Morgan fingerprint density at radius 3 is 2.85 bits per heavy atom. The molecule has 0 aliphatic carbocycles. The largest absolute Gasteiger partial charge is 0.494 e. The minimum atomic E-state index is -0.467. The molecule has 1 aliphatic heterocycles. The van der Waals surface area contributed by atoms with E-state index in [1.165, 1.54) is 4.90 Å². The Bertz CT molecular complexity index is 502. The molecule has 1 heterocycles. The fourth-order valence-corrected chi connectivity index (χ4v) is 2.30. The maximum atomic E-state index is 12.1. The number of ether oxygens (including phenoxy) is 1. The number of anilines is 1. The number of amides is 2. The second-order valence-electron chi connectivity index (χ2n) is 4.75. The first kappa shape index (κ1) is 14.4. The number of nitrogens with one attached hydrogen (secondary N) is 1. The molecule has 1 aromatic carbocycles. The van der Waals surface area contributed by atoms with E-state index < -0.39 is 6.04 Å². The highest BCUT2D eigenvalue weighted by atomic mass is 16.5. The molecule has 108 valence electrons. The van der Waals surface area contributed by atoms with Gasteiger partial charge in [-0.25, -0.2) is 0 Å². The summed E-state index contributed by atoms with van der Waals surface area (Å²) in [6.45, 7) is 4.96. The first-order chi connectivity index (χ1) is 9.65. The Morgan fingerprint density at radius 2 is 2.15 bits per heavy atom. The van der Waals surface area contributed by atoms with Crippen LogP contribution in [0.5, 0.6) is 5.75 Å². The summed E-state index contributed by atoms with van der Waals surface area (Å²) >= 11 is 0. The molecule has 0 aromatic heterocycles. The molecule has 0 spiro atoms. The van der Waals surface area contributed by atoms with Gasteiger partial charge in [-0.3, -0.25) is 14.5 Å². The van der Waals surface area contributed by atoms with Crippen molar-refractivity contribution < 1.29 is 14.3 Å². The molecule has 1 fully saturated rings. The molecule has 5 heteroatoms. The highest BCUT2D eigenvalue weighted by Crippen LogP contribution is 2.22. The van der Waals surface area contributed by atoms with E-state index in [0.717, 1.165) is 17.9 Å². The molecule has 0 bridgehead atoms. The van der Waals surface area contributed by atoms with Gasteiger partial charge in [0, 0.05) is 18.3 Å². The molecule has 0 radical (unpaired) electrons. The van der Waals surface area contributed by atoms with Crippen molar-refractivity contribution in [3.63, 3.8) is 0 Å². The van der Waals surface area contributed by atoms with Crippen LogP contribution in [-0.2, 0) is 9.59 Å². The Labute approximate surface area is 118 Å². The van der Waals surface area contributed by atoms with Gasteiger partial charge >= 0.3 is 0 Å². The number of hydrogen-bond donors (Lipinski definition) is 1. The summed E-state index contributed by atoms with van der Waals surface area (Å²) in [5, 5.41) is 3.12. The van der Waals surface area contributed by atoms with E-state index in [1.807, 2.05) is 38.1 Å². The number of rotatable bonds is 6. The van der Waals surface area contributed by atoms with Crippen molar-refractivity contribution >= 4 is 17.5 Å². The summed E-state index contributed by atoms with van der Waals surface area (Å²) in [5.41, 5.74) is 0.792. The molecule has 1 saturated heterocycles. The first-order valence-electron chi connectivity index (χ1n) is 6.99. The minimum absolute atomic E-state index is 0.102. The van der Waals surface area contributed by atoms with Gasteiger partial charge in [-0.2, -0.15) is 0 Å². The summed E-state index contributed by atoms with van der Waals surface area (Å²) in [6, 6.07) is 6.95. The third kappa shape index (κ3) is 3.10. The third-order valence-corrected chi connectivity index (χ3v) is 3.18. The number of carbonyl (C=O) groups is 2. The van der Waals surface area contributed by atoms with Gasteiger partial charge in [0.1, 0.15) is 11.8 Å². The van der Waals surface area contributed by atoms with Crippen LogP contribution in [0, 0.1) is 0 Å². The van der Waals surface area contributed by atoms with Gasteiger partial charge in [0.05, 0.1) is 13.0 Å². The average molecular weight is 276 g/mol. The molecule has 2 rings (SSSR count). The SMILES string of the molecule is CCCN1C(=O)CC(Nc2cccc(OCC)c2)C1=O. The van der Waals surface area contributed by atoms with E-state index in [0.29, 0.717) is 13.2 Å². The van der Waals surface area contributed by atoms with Crippen molar-refractivity contribution in [3.8, 4) is 5.75 Å². The average Bonchev–Trinajstić information content (AvgIpc) is 2.68. The predicted octanol–water partition coefficient (Wildman–Crippen LogP) is 2.03. The van der Waals surface area contributed by atoms with Crippen LogP contribution in [0.3, 0.4) is 0 Å². The highest BCUT2D eigenvalue weighted by Gasteiger charge is 2.37. The zero-order valence-corrected chi connectivity index (χ0v) is 11.9. The van der Waals surface area contributed by atoms with Crippen LogP contribution in [0.4, 0.5) is 5.69 Å². The van der Waals surface area contributed by atoms with Gasteiger partial charge in [-0.05, 0) is 25.5 Å². The lowest BCUT2D eigenvalue weighted by atomic mass is 10.2. The smallest absolute Gasteiger partial charge is 0.252 e. The maximum Gasteiger partial charge on any atom is 0.252 e. The van der Waals surface area contributed by atoms with E-state index >= 15 is 0 Å². The normalized spacial score (nSPS) is 18.5. The number of nitrogens with zero attached hydrogens (tertiary/aromatic N) is 1. The van der Waals surface area contributed by atoms with E-state index in [1.54, 1.807) is 0 Å². The molecule has 1 aromatic rings. The second-order valence-corrected chi connectivity index (χ2v) is 4.75. The Morgan fingerprint density at radius 1 is 1.35 bits per heavy atom. The summed E-state index contributed by atoms with van der Waals surface area (Å²) < 4.78 is 5.42. The molecule has 0 saturated carbocycles. The molecule has 2 amide bonds. The van der Waals surface area contributed by atoms with Crippen molar-refractivity contribution in [1.29, 1.82) is 0 Å². The quantitative estimate of drug-likeness (QED) is 0.808. The lowest BCUT2D eigenvalue weighted by Gasteiger charge is -2.15. The van der Waals surface area contributed by atoms with Crippen molar-refractivity contribution in [1.82, 2.24) is 4.90 Å². The lowest BCUT2D eigenvalue weighted by Crippen LogP contribution is -2.35. The Balaban J connectivity index is 2.05. The Kier molecular flexibility index (Phi) is 4.61. The van der Waals surface area contributed by atoms with Crippen molar-refractivity contribution in [2.75, 3.05) is 18.5 Å². The summed E-state index contributed by atoms with van der Waals surface area (Å²) in [5.74, 6) is 0.508. The van der Waals surface area contributed by atoms with E-state index in [4.69, 9.17) is 4.74 Å². The number of likely N-dealkylation sites (tertiary alicyclic amines) is 1. The zero-order chi connectivity index (χ0) is 14.5. The topological polar surface area (TPSA) is 58.6 Å². The molecule has 1 aliphatic rings. The minimum Gasteiger partial charge on any atom is -0.494 e. The van der Waals surface area contributed by atoms with Gasteiger partial charge < -0.3 is 10.1 Å². The standard InChI is InChI=1S/C15H20N2O3/c1-3-8-17-14(18)10-13(15(17)19)16-11-6-5-7-12(9-11)20-4-2/h5-7,9,13,16H,3-4,8,10H2,1-2H3. The van der Waals surface area contributed by atoms with Crippen LogP contribution < -0.4 is 10.1 Å². The first-order valence-corrected chi connectivity index (χ1v) is 6.99. The zero-order valence-electron chi connectivity index (χ0n) is 11.9. The van der Waals surface area contributed by atoms with Gasteiger partial charge in [0.25, 0.3) is 5.91 Å². The second kappa shape index (κ2) is 6.41. The monoisotopic (exact) mass is 276 g/mol. The fraction of sp³-hybridized carbons (Fsp3) is 0.467. The molecular formula is C15H20N2O3. The predicted molar refractivity (Wildman–Crippen MR) is 76.6 cm³/mol. The van der Waals surface area contributed by atoms with Gasteiger partial charge in [-0.1, -0.05) is 13.0 Å². The van der Waals surface area contributed by atoms with Crippen LogP contribution in [0.25, 0.3) is 0 Å². The van der Waals surface area contributed by atoms with Crippen LogP contribution in [0.1, 0.15) is 26.7 Å². The number of benzene rings is 1. The summed E-state index contributed by atoms with van der Waals surface area (Å²) in [7, 11) is 0. The molecule has 1 atom stereocenters. The van der Waals surface area contributed by atoms with Crippen molar-refractivity contribution in [2.45, 2.75) is 32.7 Å². The van der Waals surface area contributed by atoms with Gasteiger partial charge in [0.2, 0.25) is 5.91 Å².